The maximum absolute atomic E-state index is 5.27. The molecule has 0 radical (unpaired) electrons. The Bertz CT molecular complexity index is 66.3. The molecule has 0 saturated carbocycles. The van der Waals surface area contributed by atoms with Gasteiger partial charge in [0.1, 0.15) is 0 Å². The molecule has 0 bridgehead atoms. The van der Waals surface area contributed by atoms with E-state index in [0.29, 0.717) is 12.5 Å². The lowest BCUT2D eigenvalue weighted by molar-refractivity contribution is 0.310. The summed E-state index contributed by atoms with van der Waals surface area (Å²) in [7, 11) is 0. The Morgan fingerprint density at radius 3 is 2.88 bits per heavy atom. The first-order valence-electron chi connectivity index (χ1n) is 2.10. The third-order valence-corrected chi connectivity index (χ3v) is 0.931. The molecule has 5 heteroatoms. The van der Waals surface area contributed by atoms with E-state index >= 15 is 0 Å². The zero-order valence-electron chi connectivity index (χ0n) is 4.54. The number of nitrogens with zero attached hydrogens (tertiary/aromatic N) is 2. The second-order valence-electron chi connectivity index (χ2n) is 1.20. The lowest BCUT2D eigenvalue weighted by Crippen LogP contribution is -2.36. The number of hydrogen-bond donors (Lipinski definition) is 3. The number of thiol groups is 1. The van der Waals surface area contributed by atoms with Gasteiger partial charge in [-0.3, -0.25) is 11.3 Å². The van der Waals surface area contributed by atoms with Gasteiger partial charge in [-0.15, -0.1) is 0 Å². The number of hydrazone groups is 1. The van der Waals surface area contributed by atoms with Crippen LogP contribution in [0.5, 0.6) is 0 Å². The minimum absolute atomic E-state index is 0.479. The first kappa shape index (κ1) is 7.74. The van der Waals surface area contributed by atoms with E-state index in [0.717, 1.165) is 0 Å². The Hall–Kier alpha value is -0.260. The van der Waals surface area contributed by atoms with Crippen molar-refractivity contribution < 1.29 is 0 Å². The fraction of sp³-hybridized carbons (Fsp3) is 0.667. The van der Waals surface area contributed by atoms with Crippen molar-refractivity contribution >= 4 is 19.3 Å². The highest BCUT2D eigenvalue weighted by molar-refractivity contribution is 7.80. The topological polar surface area (TPSA) is 53.7 Å². The first-order chi connectivity index (χ1) is 3.81. The Labute approximate surface area is 54.1 Å². The van der Waals surface area contributed by atoms with E-state index < -0.39 is 0 Å². The lowest BCUT2D eigenvalue weighted by atomic mass is 11.0. The molecule has 0 unspecified atom stereocenters. The van der Waals surface area contributed by atoms with Crippen molar-refractivity contribution in [3.05, 3.63) is 0 Å². The van der Waals surface area contributed by atoms with Crippen LogP contribution >= 0.6 is 12.6 Å². The zero-order valence-corrected chi connectivity index (χ0v) is 5.43. The summed E-state index contributed by atoms with van der Waals surface area (Å²) in [6.07, 6.45) is 0. The summed E-state index contributed by atoms with van der Waals surface area (Å²) in [5, 5.41) is 4.82. The van der Waals surface area contributed by atoms with E-state index in [2.05, 4.69) is 29.9 Å². The molecule has 0 saturated heterocycles. The summed E-state index contributed by atoms with van der Waals surface area (Å²) in [4.78, 5) is 0. The van der Waals surface area contributed by atoms with Crippen LogP contribution in [0.4, 0.5) is 0 Å². The molecule has 0 atom stereocenters. The highest BCUT2D eigenvalue weighted by Gasteiger charge is 1.88. The lowest BCUT2D eigenvalue weighted by Gasteiger charge is -2.10. The number of nitrogens with one attached hydrogen (secondary N) is 1. The number of hydrogen-bond acceptors (Lipinski definition) is 5. The van der Waals surface area contributed by atoms with Gasteiger partial charge in [0, 0.05) is 6.72 Å². The van der Waals surface area contributed by atoms with Gasteiger partial charge < -0.3 is 0 Å². The average Bonchev–Trinajstić information content (AvgIpc) is 1.83. The quantitative estimate of drug-likeness (QED) is 0.155. The van der Waals surface area contributed by atoms with E-state index in [1.54, 1.807) is 0 Å². The molecular formula is C3H10N4S. The van der Waals surface area contributed by atoms with Crippen LogP contribution in [-0.4, -0.2) is 24.3 Å². The summed E-state index contributed by atoms with van der Waals surface area (Å²) < 4.78 is 0. The van der Waals surface area contributed by atoms with Crippen LogP contribution < -0.4 is 11.3 Å². The minimum Gasteiger partial charge on any atom is -0.295 e. The first-order valence-corrected chi connectivity index (χ1v) is 2.73. The summed E-state index contributed by atoms with van der Waals surface area (Å²) in [6.45, 7) is 3.68. The molecule has 0 aromatic carbocycles. The van der Waals surface area contributed by atoms with Crippen LogP contribution in [0.1, 0.15) is 0 Å². The smallest absolute Gasteiger partial charge is 0.0984 e. The van der Waals surface area contributed by atoms with Crippen molar-refractivity contribution in [2.24, 2.45) is 10.9 Å². The molecule has 8 heavy (non-hydrogen) atoms. The predicted octanol–water partition coefficient (Wildman–Crippen LogP) is -0.788. The highest BCUT2D eigenvalue weighted by Crippen LogP contribution is 1.75. The van der Waals surface area contributed by atoms with E-state index in [1.807, 2.05) is 0 Å². The molecule has 0 heterocycles. The summed E-state index contributed by atoms with van der Waals surface area (Å²) in [5.74, 6) is 5.77. The molecule has 0 rings (SSSR count). The van der Waals surface area contributed by atoms with Crippen molar-refractivity contribution in [3.63, 3.8) is 0 Å². The van der Waals surface area contributed by atoms with Crippen LogP contribution in [-0.2, 0) is 0 Å². The van der Waals surface area contributed by atoms with Crippen LogP contribution in [0, 0.1) is 0 Å². The maximum Gasteiger partial charge on any atom is 0.0984 e. The number of rotatable bonds is 4. The minimum atomic E-state index is 0.479. The molecule has 0 aromatic heterocycles. The second-order valence-corrected chi connectivity index (χ2v) is 1.49. The van der Waals surface area contributed by atoms with Crippen LogP contribution in [0.2, 0.25) is 0 Å². The fourth-order valence-corrected chi connectivity index (χ4v) is 0.291. The van der Waals surface area contributed by atoms with Gasteiger partial charge in [-0.25, -0.2) is 5.01 Å². The van der Waals surface area contributed by atoms with Crippen molar-refractivity contribution in [1.82, 2.24) is 10.4 Å². The molecule has 0 fully saturated rings. The Kier molecular flexibility index (Phi) is 4.73. The van der Waals surface area contributed by atoms with E-state index in [1.165, 1.54) is 5.01 Å². The van der Waals surface area contributed by atoms with Crippen molar-refractivity contribution in [3.8, 4) is 0 Å². The van der Waals surface area contributed by atoms with Crippen LogP contribution in [0.15, 0.2) is 5.10 Å². The van der Waals surface area contributed by atoms with Gasteiger partial charge in [0.05, 0.1) is 12.5 Å². The van der Waals surface area contributed by atoms with Gasteiger partial charge in [0.25, 0.3) is 0 Å². The molecule has 0 aromatic rings. The highest BCUT2D eigenvalue weighted by atomic mass is 32.1. The summed E-state index contributed by atoms with van der Waals surface area (Å²) in [6, 6.07) is 0. The molecule has 0 spiro atoms. The average molecular weight is 134 g/mol. The molecular weight excluding hydrogens is 124 g/mol. The van der Waals surface area contributed by atoms with Gasteiger partial charge in [0.15, 0.2) is 0 Å². The molecule has 3 N–H and O–H groups in total. The summed E-state index contributed by atoms with van der Waals surface area (Å²) >= 11 is 3.89. The van der Waals surface area contributed by atoms with Gasteiger partial charge >= 0.3 is 0 Å². The standard InChI is InChI=1S/C3H10N4S/c1-5-6-2-7(4)3-8/h6,8H,1-4H2. The van der Waals surface area contributed by atoms with E-state index in [9.17, 15) is 0 Å². The fourth-order valence-electron chi connectivity index (χ4n) is 0.191. The predicted molar refractivity (Wildman–Crippen MR) is 37.4 cm³/mol. The van der Waals surface area contributed by atoms with Gasteiger partial charge in [-0.05, 0) is 0 Å². The monoisotopic (exact) mass is 134 g/mol. The maximum atomic E-state index is 5.27. The van der Waals surface area contributed by atoms with Crippen molar-refractivity contribution in [2.75, 3.05) is 12.5 Å². The second kappa shape index (κ2) is 4.89. The number of hydrazine groups is 1. The third kappa shape index (κ3) is 3.91. The Morgan fingerprint density at radius 2 is 2.50 bits per heavy atom. The SMILES string of the molecule is C=NNCN(N)CS. The van der Waals surface area contributed by atoms with Crippen LogP contribution in [0.25, 0.3) is 0 Å². The molecule has 4 nitrogen and oxygen atoms in total. The van der Waals surface area contributed by atoms with E-state index in [-0.39, 0.29) is 0 Å². The van der Waals surface area contributed by atoms with Crippen LogP contribution in [0.3, 0.4) is 0 Å². The van der Waals surface area contributed by atoms with Gasteiger partial charge in [-0.1, -0.05) is 0 Å². The Morgan fingerprint density at radius 1 is 1.88 bits per heavy atom. The molecule has 0 aliphatic rings. The Balaban J connectivity index is 2.97. The zero-order chi connectivity index (χ0) is 6.41. The normalized spacial score (nSPS) is 9.38. The molecule has 0 aliphatic carbocycles. The van der Waals surface area contributed by atoms with Gasteiger partial charge in [0.2, 0.25) is 0 Å². The summed E-state index contributed by atoms with van der Waals surface area (Å²) in [5.41, 5.74) is 2.56. The molecule has 0 amide bonds. The van der Waals surface area contributed by atoms with Crippen molar-refractivity contribution in [1.29, 1.82) is 0 Å². The molecule has 48 valence electrons. The van der Waals surface area contributed by atoms with Gasteiger partial charge in [-0.2, -0.15) is 17.7 Å². The third-order valence-electron chi connectivity index (χ3n) is 0.567. The number of nitrogens with two attached hydrogens (primary N) is 1. The molecule has 0 aliphatic heterocycles. The largest absolute Gasteiger partial charge is 0.295 e. The van der Waals surface area contributed by atoms with E-state index in [4.69, 9.17) is 5.84 Å². The van der Waals surface area contributed by atoms with Crippen molar-refractivity contribution in [2.45, 2.75) is 0 Å².